The highest BCUT2D eigenvalue weighted by atomic mass is 79.9. The van der Waals surface area contributed by atoms with E-state index in [9.17, 15) is 0 Å². The van der Waals surface area contributed by atoms with Gasteiger partial charge in [0.2, 0.25) is 0 Å². The number of benzene rings is 1. The second-order valence-corrected chi connectivity index (χ2v) is 5.25. The topological polar surface area (TPSA) is 69.1 Å². The smallest absolute Gasteiger partial charge is 0.169 e. The summed E-state index contributed by atoms with van der Waals surface area (Å²) < 4.78 is 2.80. The molecule has 6 heteroatoms. The zero-order valence-electron chi connectivity index (χ0n) is 10.6. The van der Waals surface area contributed by atoms with Gasteiger partial charge in [0.15, 0.2) is 11.5 Å². The number of hydrogen-bond acceptors (Lipinski definition) is 4. The Kier molecular flexibility index (Phi) is 2.74. The van der Waals surface area contributed by atoms with Crippen LogP contribution in [-0.2, 0) is 0 Å². The molecule has 3 rings (SSSR count). The number of hydrogen-bond donors (Lipinski definition) is 1. The third-order valence-electron chi connectivity index (χ3n) is 2.94. The quantitative estimate of drug-likeness (QED) is 0.701. The number of aryl methyl sites for hydroxylation is 2. The molecule has 0 amide bonds. The molecule has 3 aromatic rings. The van der Waals surface area contributed by atoms with E-state index in [1.165, 1.54) is 0 Å². The molecule has 96 valence electrons. The fraction of sp³-hybridized carbons (Fsp3) is 0.154. The molecule has 0 fully saturated rings. The Hall–Kier alpha value is -1.95. The molecule has 0 atom stereocenters. The lowest BCUT2D eigenvalue weighted by Crippen LogP contribution is -1.99. The third kappa shape index (κ3) is 1.98. The number of fused-ring (bicyclic) bond motifs is 1. The van der Waals surface area contributed by atoms with Gasteiger partial charge in [-0.2, -0.15) is 0 Å². The van der Waals surface area contributed by atoms with Gasteiger partial charge in [0.1, 0.15) is 5.82 Å². The van der Waals surface area contributed by atoms with Crippen molar-refractivity contribution in [3.63, 3.8) is 0 Å². The van der Waals surface area contributed by atoms with Gasteiger partial charge in [0.05, 0.1) is 0 Å². The predicted octanol–water partition coefficient (Wildman–Crippen LogP) is 2.75. The summed E-state index contributed by atoms with van der Waals surface area (Å²) in [6, 6.07) is 7.64. The van der Waals surface area contributed by atoms with Crippen molar-refractivity contribution in [1.82, 2.24) is 19.6 Å². The van der Waals surface area contributed by atoms with Crippen molar-refractivity contribution in [1.29, 1.82) is 0 Å². The van der Waals surface area contributed by atoms with Crippen molar-refractivity contribution in [3.05, 3.63) is 40.3 Å². The molecule has 0 saturated carbocycles. The number of rotatable bonds is 1. The van der Waals surface area contributed by atoms with Crippen LogP contribution >= 0.6 is 15.9 Å². The lowest BCUT2D eigenvalue weighted by molar-refractivity contribution is 0.962. The summed E-state index contributed by atoms with van der Waals surface area (Å²) >= 11 is 3.39. The first kappa shape index (κ1) is 12.1. The number of nitrogens with two attached hydrogens (primary N) is 1. The highest BCUT2D eigenvalue weighted by molar-refractivity contribution is 9.10. The van der Waals surface area contributed by atoms with Crippen molar-refractivity contribution in [3.8, 4) is 11.4 Å². The number of nitrogen functional groups attached to an aromatic ring is 1. The van der Waals surface area contributed by atoms with Crippen molar-refractivity contribution in [2.24, 2.45) is 0 Å². The fourth-order valence-corrected chi connectivity index (χ4v) is 2.35. The molecule has 19 heavy (non-hydrogen) atoms. The molecule has 0 saturated heterocycles. The minimum Gasteiger partial charge on any atom is -0.398 e. The maximum Gasteiger partial charge on any atom is 0.169 e. The molecule has 5 nitrogen and oxygen atoms in total. The molecule has 1 aromatic carbocycles. The Bertz CT molecular complexity index is 778. The van der Waals surface area contributed by atoms with Gasteiger partial charge < -0.3 is 5.73 Å². The van der Waals surface area contributed by atoms with Crippen molar-refractivity contribution in [2.75, 3.05) is 5.73 Å². The molecular formula is C13H12BrN5. The van der Waals surface area contributed by atoms with Crippen molar-refractivity contribution >= 4 is 27.3 Å². The molecule has 2 aromatic heterocycles. The summed E-state index contributed by atoms with van der Waals surface area (Å²) in [6.45, 7) is 3.88. The molecule has 0 spiro atoms. The number of anilines is 1. The van der Waals surface area contributed by atoms with Crippen LogP contribution in [0.1, 0.15) is 11.5 Å². The van der Waals surface area contributed by atoms with Crippen LogP contribution in [0.25, 0.3) is 17.0 Å². The fourth-order valence-electron chi connectivity index (χ4n) is 2.10. The van der Waals surface area contributed by atoms with Crippen LogP contribution in [0, 0.1) is 13.8 Å². The Morgan fingerprint density at radius 3 is 2.68 bits per heavy atom. The van der Waals surface area contributed by atoms with Crippen molar-refractivity contribution < 1.29 is 0 Å². The molecule has 0 unspecified atom stereocenters. The lowest BCUT2D eigenvalue weighted by Gasteiger charge is -2.05. The SMILES string of the molecule is Cc1cc2nnc(-c3ccc(Br)c(N)c3)n2c(C)n1. The average molecular weight is 318 g/mol. The Morgan fingerprint density at radius 1 is 1.16 bits per heavy atom. The highest BCUT2D eigenvalue weighted by Gasteiger charge is 2.12. The normalized spacial score (nSPS) is 11.1. The van der Waals surface area contributed by atoms with Crippen LogP contribution in [0.4, 0.5) is 5.69 Å². The van der Waals surface area contributed by atoms with Crippen LogP contribution in [0.5, 0.6) is 0 Å². The molecule has 0 aliphatic heterocycles. The molecule has 2 heterocycles. The first-order valence-electron chi connectivity index (χ1n) is 5.81. The minimum atomic E-state index is 0.673. The van der Waals surface area contributed by atoms with Crippen LogP contribution in [0.3, 0.4) is 0 Å². The van der Waals surface area contributed by atoms with E-state index < -0.39 is 0 Å². The van der Waals surface area contributed by atoms with E-state index in [1.54, 1.807) is 0 Å². The molecule has 0 radical (unpaired) electrons. The van der Waals surface area contributed by atoms with Crippen molar-refractivity contribution in [2.45, 2.75) is 13.8 Å². The molecular weight excluding hydrogens is 306 g/mol. The molecule has 0 aliphatic rings. The molecule has 0 bridgehead atoms. The maximum absolute atomic E-state index is 5.91. The van der Waals surface area contributed by atoms with Gasteiger partial charge in [0, 0.05) is 27.5 Å². The summed E-state index contributed by atoms with van der Waals surface area (Å²) in [6.07, 6.45) is 0. The third-order valence-corrected chi connectivity index (χ3v) is 3.66. The summed E-state index contributed by atoms with van der Waals surface area (Å²) in [5.41, 5.74) is 9.23. The van der Waals surface area contributed by atoms with E-state index in [4.69, 9.17) is 5.73 Å². The zero-order valence-corrected chi connectivity index (χ0v) is 12.1. The van der Waals surface area contributed by atoms with E-state index in [2.05, 4.69) is 31.1 Å². The zero-order chi connectivity index (χ0) is 13.6. The van der Waals surface area contributed by atoms with Crippen LogP contribution in [-0.4, -0.2) is 19.6 Å². The minimum absolute atomic E-state index is 0.673. The number of nitrogens with zero attached hydrogens (tertiary/aromatic N) is 4. The summed E-state index contributed by atoms with van der Waals surface area (Å²) in [5.74, 6) is 1.61. The maximum atomic E-state index is 5.91. The standard InChI is InChI=1S/C13H12BrN5/c1-7-5-12-17-18-13(19(12)8(2)16-7)9-3-4-10(14)11(15)6-9/h3-6H,15H2,1-2H3. The van der Waals surface area contributed by atoms with E-state index in [-0.39, 0.29) is 0 Å². The first-order chi connectivity index (χ1) is 9.06. The van der Waals surface area contributed by atoms with Crippen LogP contribution in [0.15, 0.2) is 28.7 Å². The van der Waals surface area contributed by atoms with E-state index in [1.807, 2.05) is 42.5 Å². The van der Waals surface area contributed by atoms with E-state index in [0.29, 0.717) is 5.69 Å². The molecule has 2 N–H and O–H groups in total. The average Bonchev–Trinajstić information content (AvgIpc) is 2.76. The second-order valence-electron chi connectivity index (χ2n) is 4.40. The Morgan fingerprint density at radius 2 is 1.95 bits per heavy atom. The molecule has 0 aliphatic carbocycles. The first-order valence-corrected chi connectivity index (χ1v) is 6.60. The Labute approximate surface area is 118 Å². The monoisotopic (exact) mass is 317 g/mol. The van der Waals surface area contributed by atoms with Gasteiger partial charge in [-0.1, -0.05) is 0 Å². The Balaban J connectivity index is 2.28. The van der Waals surface area contributed by atoms with Gasteiger partial charge in [-0.15, -0.1) is 10.2 Å². The van der Waals surface area contributed by atoms with Gasteiger partial charge >= 0.3 is 0 Å². The summed E-state index contributed by atoms with van der Waals surface area (Å²) in [7, 11) is 0. The lowest BCUT2D eigenvalue weighted by atomic mass is 10.2. The summed E-state index contributed by atoms with van der Waals surface area (Å²) in [5, 5.41) is 8.43. The van der Waals surface area contributed by atoms with Gasteiger partial charge in [-0.25, -0.2) is 4.98 Å². The number of aromatic nitrogens is 4. The highest BCUT2D eigenvalue weighted by Crippen LogP contribution is 2.26. The van der Waals surface area contributed by atoms with E-state index in [0.717, 1.165) is 33.0 Å². The van der Waals surface area contributed by atoms with Gasteiger partial charge in [0.25, 0.3) is 0 Å². The van der Waals surface area contributed by atoms with Gasteiger partial charge in [-0.05, 0) is 48.0 Å². The largest absolute Gasteiger partial charge is 0.398 e. The second kappa shape index (κ2) is 4.31. The summed E-state index contributed by atoms with van der Waals surface area (Å²) in [4.78, 5) is 4.44. The van der Waals surface area contributed by atoms with Crippen LogP contribution in [0.2, 0.25) is 0 Å². The predicted molar refractivity (Wildman–Crippen MR) is 77.8 cm³/mol. The van der Waals surface area contributed by atoms with Crippen LogP contribution < -0.4 is 5.73 Å². The van der Waals surface area contributed by atoms with E-state index >= 15 is 0 Å². The number of halogens is 1. The van der Waals surface area contributed by atoms with Gasteiger partial charge in [-0.3, -0.25) is 4.40 Å².